The number of nitrogens with one attached hydrogen (secondary N) is 2. The Bertz CT molecular complexity index is 938. The van der Waals surface area contributed by atoms with E-state index in [0.717, 1.165) is 17.9 Å². The van der Waals surface area contributed by atoms with Crippen molar-refractivity contribution < 1.29 is 9.53 Å². The minimum Gasteiger partial charge on any atom is -0.497 e. The molecule has 0 radical (unpaired) electrons. The zero-order chi connectivity index (χ0) is 20.6. The smallest absolute Gasteiger partial charge is 0.274 e. The highest BCUT2D eigenvalue weighted by atomic mass is 16.5. The Morgan fingerprint density at radius 1 is 1.03 bits per heavy atom. The molecule has 2 N–H and O–H groups in total. The Kier molecular flexibility index (Phi) is 6.79. The maximum atomic E-state index is 12.5. The van der Waals surface area contributed by atoms with E-state index >= 15 is 0 Å². The van der Waals surface area contributed by atoms with E-state index in [9.17, 15) is 4.79 Å². The number of ether oxygens (including phenoxy) is 1. The molecule has 29 heavy (non-hydrogen) atoms. The first-order chi connectivity index (χ1) is 14.0. The van der Waals surface area contributed by atoms with Crippen molar-refractivity contribution in [3.8, 4) is 5.75 Å². The number of benzene rings is 2. The van der Waals surface area contributed by atoms with Gasteiger partial charge in [0.05, 0.1) is 7.11 Å². The molecule has 0 aliphatic carbocycles. The van der Waals surface area contributed by atoms with E-state index in [-0.39, 0.29) is 5.91 Å². The molecule has 0 aliphatic heterocycles. The SMILES string of the molecule is COc1ccc(CCNc2nccc(C(=O)Nc3ccc(C(C)C)cc3)n2)cc1. The van der Waals surface area contributed by atoms with Crippen LogP contribution in [0.5, 0.6) is 5.75 Å². The molecule has 0 saturated heterocycles. The molecule has 0 spiro atoms. The Labute approximate surface area is 171 Å². The molecule has 0 saturated carbocycles. The van der Waals surface area contributed by atoms with Crippen molar-refractivity contribution in [1.29, 1.82) is 0 Å². The molecule has 3 rings (SSSR count). The third-order valence-corrected chi connectivity index (χ3v) is 4.58. The van der Waals surface area contributed by atoms with Crippen molar-refractivity contribution in [2.75, 3.05) is 24.3 Å². The van der Waals surface area contributed by atoms with Crippen LogP contribution in [0.1, 0.15) is 41.4 Å². The summed E-state index contributed by atoms with van der Waals surface area (Å²) in [5.41, 5.74) is 3.47. The molecule has 0 atom stereocenters. The Balaban J connectivity index is 1.55. The Morgan fingerprint density at radius 2 is 1.76 bits per heavy atom. The molecular formula is C23H26N4O2. The number of carbonyl (C=O) groups excluding carboxylic acids is 1. The lowest BCUT2D eigenvalue weighted by molar-refractivity contribution is 0.102. The van der Waals surface area contributed by atoms with Gasteiger partial charge in [-0.05, 0) is 53.8 Å². The van der Waals surface area contributed by atoms with Crippen LogP contribution < -0.4 is 15.4 Å². The third kappa shape index (κ3) is 5.78. The number of nitrogens with zero attached hydrogens (tertiary/aromatic N) is 2. The summed E-state index contributed by atoms with van der Waals surface area (Å²) in [7, 11) is 1.65. The summed E-state index contributed by atoms with van der Waals surface area (Å²) >= 11 is 0. The van der Waals surface area contributed by atoms with Crippen LogP contribution in [0.15, 0.2) is 60.8 Å². The number of rotatable bonds is 8. The number of hydrogen-bond acceptors (Lipinski definition) is 5. The lowest BCUT2D eigenvalue weighted by Gasteiger charge is -2.09. The van der Waals surface area contributed by atoms with Crippen LogP contribution in [0.25, 0.3) is 0 Å². The average Bonchev–Trinajstić information content (AvgIpc) is 2.75. The normalized spacial score (nSPS) is 10.6. The van der Waals surface area contributed by atoms with Gasteiger partial charge in [-0.2, -0.15) is 0 Å². The predicted octanol–water partition coefficient (Wildman–Crippen LogP) is 4.52. The highest BCUT2D eigenvalue weighted by Gasteiger charge is 2.10. The summed E-state index contributed by atoms with van der Waals surface area (Å²) in [6.45, 7) is 4.93. The molecule has 3 aromatic rings. The quantitative estimate of drug-likeness (QED) is 0.592. The molecule has 0 bridgehead atoms. The maximum absolute atomic E-state index is 12.5. The second-order valence-corrected chi connectivity index (χ2v) is 7.02. The van der Waals surface area contributed by atoms with E-state index in [4.69, 9.17) is 4.74 Å². The zero-order valence-electron chi connectivity index (χ0n) is 17.0. The van der Waals surface area contributed by atoms with Crippen LogP contribution in [0.4, 0.5) is 11.6 Å². The molecule has 1 heterocycles. The van der Waals surface area contributed by atoms with Gasteiger partial charge in [0.1, 0.15) is 11.4 Å². The van der Waals surface area contributed by atoms with Gasteiger partial charge < -0.3 is 15.4 Å². The summed E-state index contributed by atoms with van der Waals surface area (Å²) in [4.78, 5) is 21.0. The van der Waals surface area contributed by atoms with E-state index in [1.807, 2.05) is 48.5 Å². The number of methoxy groups -OCH3 is 1. The van der Waals surface area contributed by atoms with Crippen molar-refractivity contribution in [2.24, 2.45) is 0 Å². The van der Waals surface area contributed by atoms with E-state index < -0.39 is 0 Å². The van der Waals surface area contributed by atoms with Gasteiger partial charge in [-0.3, -0.25) is 4.79 Å². The van der Waals surface area contributed by atoms with Gasteiger partial charge in [0, 0.05) is 18.4 Å². The van der Waals surface area contributed by atoms with Crippen molar-refractivity contribution >= 4 is 17.5 Å². The van der Waals surface area contributed by atoms with E-state index in [2.05, 4.69) is 34.4 Å². The van der Waals surface area contributed by atoms with Gasteiger partial charge in [-0.1, -0.05) is 38.1 Å². The molecule has 150 valence electrons. The number of hydrogen-bond donors (Lipinski definition) is 2. The van der Waals surface area contributed by atoms with Gasteiger partial charge in [0.2, 0.25) is 5.95 Å². The van der Waals surface area contributed by atoms with E-state index in [1.54, 1.807) is 19.4 Å². The standard InChI is InChI=1S/C23H26N4O2/c1-16(2)18-6-8-19(9-7-18)26-22(28)21-13-15-25-23(27-21)24-14-12-17-4-10-20(29-3)11-5-17/h4-11,13,15-16H,12,14H2,1-3H3,(H,26,28)(H,24,25,27). The van der Waals surface area contributed by atoms with Crippen LogP contribution in [-0.2, 0) is 6.42 Å². The second-order valence-electron chi connectivity index (χ2n) is 7.02. The number of anilines is 2. The summed E-state index contributed by atoms with van der Waals surface area (Å²) in [5.74, 6) is 1.46. The van der Waals surface area contributed by atoms with Gasteiger partial charge >= 0.3 is 0 Å². The van der Waals surface area contributed by atoms with Crippen LogP contribution in [0.2, 0.25) is 0 Å². The van der Waals surface area contributed by atoms with Gasteiger partial charge in [-0.25, -0.2) is 9.97 Å². The molecule has 1 aromatic heterocycles. The molecule has 0 unspecified atom stereocenters. The van der Waals surface area contributed by atoms with Crippen molar-refractivity contribution in [1.82, 2.24) is 9.97 Å². The fourth-order valence-electron chi connectivity index (χ4n) is 2.83. The van der Waals surface area contributed by atoms with Crippen molar-refractivity contribution in [3.63, 3.8) is 0 Å². The second kappa shape index (κ2) is 9.68. The zero-order valence-corrected chi connectivity index (χ0v) is 17.0. The minimum absolute atomic E-state index is 0.261. The first kappa shape index (κ1) is 20.3. The van der Waals surface area contributed by atoms with Crippen molar-refractivity contribution in [3.05, 3.63) is 77.6 Å². The van der Waals surface area contributed by atoms with E-state index in [1.165, 1.54) is 11.1 Å². The van der Waals surface area contributed by atoms with Crippen LogP contribution in [0.3, 0.4) is 0 Å². The summed E-state index contributed by atoms with van der Waals surface area (Å²) < 4.78 is 5.16. The Hall–Kier alpha value is -3.41. The number of carbonyl (C=O) groups is 1. The minimum atomic E-state index is -0.261. The summed E-state index contributed by atoms with van der Waals surface area (Å²) in [6, 6.07) is 17.4. The molecular weight excluding hydrogens is 364 g/mol. The summed E-state index contributed by atoms with van der Waals surface area (Å²) in [6.07, 6.45) is 2.39. The first-order valence-corrected chi connectivity index (χ1v) is 9.66. The molecule has 2 aromatic carbocycles. The van der Waals surface area contributed by atoms with Crippen LogP contribution in [0, 0.1) is 0 Å². The number of aromatic nitrogens is 2. The number of amides is 1. The Morgan fingerprint density at radius 3 is 2.41 bits per heavy atom. The fraction of sp³-hybridized carbons (Fsp3) is 0.261. The van der Waals surface area contributed by atoms with Crippen LogP contribution in [-0.4, -0.2) is 29.5 Å². The molecule has 0 fully saturated rings. The molecule has 0 aliphatic rings. The van der Waals surface area contributed by atoms with E-state index in [0.29, 0.717) is 24.1 Å². The van der Waals surface area contributed by atoms with Crippen molar-refractivity contribution in [2.45, 2.75) is 26.2 Å². The fourth-order valence-corrected chi connectivity index (χ4v) is 2.83. The first-order valence-electron chi connectivity index (χ1n) is 9.66. The highest BCUT2D eigenvalue weighted by Crippen LogP contribution is 2.17. The monoisotopic (exact) mass is 390 g/mol. The molecule has 1 amide bonds. The van der Waals surface area contributed by atoms with Crippen LogP contribution >= 0.6 is 0 Å². The molecule has 6 heteroatoms. The maximum Gasteiger partial charge on any atom is 0.274 e. The largest absolute Gasteiger partial charge is 0.497 e. The topological polar surface area (TPSA) is 76.1 Å². The average molecular weight is 390 g/mol. The summed E-state index contributed by atoms with van der Waals surface area (Å²) in [5, 5.41) is 6.04. The van der Waals surface area contributed by atoms with Gasteiger partial charge in [-0.15, -0.1) is 0 Å². The lowest BCUT2D eigenvalue weighted by Crippen LogP contribution is -2.16. The predicted molar refractivity (Wildman–Crippen MR) is 116 cm³/mol. The van der Waals surface area contributed by atoms with Gasteiger partial charge in [0.25, 0.3) is 5.91 Å². The highest BCUT2D eigenvalue weighted by molar-refractivity contribution is 6.02. The third-order valence-electron chi connectivity index (χ3n) is 4.58. The molecule has 6 nitrogen and oxygen atoms in total. The lowest BCUT2D eigenvalue weighted by atomic mass is 10.0. The van der Waals surface area contributed by atoms with Gasteiger partial charge in [0.15, 0.2) is 0 Å².